The van der Waals surface area contributed by atoms with Crippen molar-refractivity contribution < 1.29 is 33.4 Å². The van der Waals surface area contributed by atoms with Crippen LogP contribution in [0.1, 0.15) is 120 Å². The van der Waals surface area contributed by atoms with Gasteiger partial charge in [-0.15, -0.1) is 0 Å². The normalized spacial score (nSPS) is 41.5. The first-order valence-electron chi connectivity index (χ1n) is 15.8. The van der Waals surface area contributed by atoms with Gasteiger partial charge in [-0.3, -0.25) is 24.0 Å². The van der Waals surface area contributed by atoms with Gasteiger partial charge >= 0.3 is 11.9 Å². The summed E-state index contributed by atoms with van der Waals surface area (Å²) in [5.74, 6) is -1.56. The van der Waals surface area contributed by atoms with E-state index in [1.54, 1.807) is 13.8 Å². The Hall–Kier alpha value is -2.05. The number of ketones is 3. The molecule has 7 heteroatoms. The van der Waals surface area contributed by atoms with Crippen LogP contribution in [0.15, 0.2) is 0 Å². The Labute approximate surface area is 246 Å². The van der Waals surface area contributed by atoms with Gasteiger partial charge in [0, 0.05) is 37.5 Å². The van der Waals surface area contributed by atoms with Crippen molar-refractivity contribution in [3.05, 3.63) is 0 Å². The van der Waals surface area contributed by atoms with Gasteiger partial charge < -0.3 is 9.47 Å². The maximum Gasteiger partial charge on any atom is 0.302 e. The fourth-order valence-electron chi connectivity index (χ4n) is 10.5. The van der Waals surface area contributed by atoms with Crippen molar-refractivity contribution in [2.24, 2.45) is 50.7 Å². The highest BCUT2D eigenvalue weighted by atomic mass is 16.5. The second-order valence-electron chi connectivity index (χ2n) is 15.6. The van der Waals surface area contributed by atoms with Gasteiger partial charge in [0.05, 0.1) is 5.41 Å². The lowest BCUT2D eigenvalue weighted by Crippen LogP contribution is -2.67. The minimum Gasteiger partial charge on any atom is -0.465 e. The first-order chi connectivity index (χ1) is 18.9. The molecule has 0 aliphatic heterocycles. The van der Waals surface area contributed by atoms with Crippen molar-refractivity contribution in [2.75, 3.05) is 6.61 Å². The van der Waals surface area contributed by atoms with E-state index in [0.717, 1.165) is 44.9 Å². The lowest BCUT2D eigenvalue weighted by Gasteiger charge is -2.71. The van der Waals surface area contributed by atoms with E-state index in [4.69, 9.17) is 9.47 Å². The predicted molar refractivity (Wildman–Crippen MR) is 155 cm³/mol. The minimum atomic E-state index is -1.15. The molecule has 4 aliphatic rings. The summed E-state index contributed by atoms with van der Waals surface area (Å²) >= 11 is 0. The van der Waals surface area contributed by atoms with Crippen LogP contribution in [0.5, 0.6) is 0 Å². The Morgan fingerprint density at radius 3 is 2.05 bits per heavy atom. The maximum absolute atomic E-state index is 14.6. The average Bonchev–Trinajstić information content (AvgIpc) is 2.86. The summed E-state index contributed by atoms with van der Waals surface area (Å²) in [6, 6.07) is 0. The highest BCUT2D eigenvalue weighted by Gasteiger charge is 2.70. The molecule has 8 unspecified atom stereocenters. The molecule has 0 aromatic rings. The van der Waals surface area contributed by atoms with Crippen LogP contribution in [0.2, 0.25) is 0 Å². The van der Waals surface area contributed by atoms with E-state index in [2.05, 4.69) is 34.6 Å². The molecule has 7 nitrogen and oxygen atoms in total. The smallest absolute Gasteiger partial charge is 0.302 e. The van der Waals surface area contributed by atoms with E-state index >= 15 is 0 Å². The topological polar surface area (TPSA) is 104 Å². The Morgan fingerprint density at radius 1 is 0.805 bits per heavy atom. The molecular weight excluding hydrogens is 520 g/mol. The maximum atomic E-state index is 14.6. The van der Waals surface area contributed by atoms with Crippen LogP contribution < -0.4 is 0 Å². The number of esters is 2. The number of hydrogen-bond acceptors (Lipinski definition) is 7. The van der Waals surface area contributed by atoms with Crippen LogP contribution >= 0.6 is 0 Å². The van der Waals surface area contributed by atoms with Crippen LogP contribution in [0.25, 0.3) is 0 Å². The van der Waals surface area contributed by atoms with Crippen molar-refractivity contribution >= 4 is 29.3 Å². The van der Waals surface area contributed by atoms with E-state index in [9.17, 15) is 24.0 Å². The number of ether oxygens (including phenoxy) is 2. The van der Waals surface area contributed by atoms with Crippen molar-refractivity contribution in [3.8, 4) is 0 Å². The van der Waals surface area contributed by atoms with Crippen LogP contribution in [-0.2, 0) is 33.4 Å². The summed E-state index contributed by atoms with van der Waals surface area (Å²) in [6.07, 6.45) is 6.44. The number of hydrogen-bond donors (Lipinski definition) is 0. The molecule has 230 valence electrons. The van der Waals surface area contributed by atoms with Crippen LogP contribution in [0.4, 0.5) is 0 Å². The molecule has 0 N–H and O–H groups in total. The van der Waals surface area contributed by atoms with Crippen molar-refractivity contribution in [3.63, 3.8) is 0 Å². The van der Waals surface area contributed by atoms with Gasteiger partial charge in [-0.05, 0) is 79.4 Å². The summed E-state index contributed by atoms with van der Waals surface area (Å²) in [6.45, 7) is 17.7. The third-order valence-electron chi connectivity index (χ3n) is 12.9. The molecule has 0 bridgehead atoms. The Morgan fingerprint density at radius 2 is 1.46 bits per heavy atom. The molecule has 4 fully saturated rings. The zero-order chi connectivity index (χ0) is 30.8. The molecule has 0 saturated heterocycles. The molecular formula is C34H52O7. The second-order valence-corrected chi connectivity index (χ2v) is 15.6. The molecule has 41 heavy (non-hydrogen) atoms. The van der Waals surface area contributed by atoms with Gasteiger partial charge in [-0.2, -0.15) is 0 Å². The number of fused-ring (bicyclic) bond motifs is 5. The van der Waals surface area contributed by atoms with Gasteiger partial charge in [0.15, 0.2) is 5.78 Å². The lowest BCUT2D eigenvalue weighted by atomic mass is 9.33. The fraction of sp³-hybridized carbons (Fsp3) is 0.853. The fourth-order valence-corrected chi connectivity index (χ4v) is 10.5. The zero-order valence-corrected chi connectivity index (χ0v) is 26.8. The highest BCUT2D eigenvalue weighted by molar-refractivity contribution is 6.38. The number of carbonyl (C=O) groups excluding carboxylic acids is 5. The second kappa shape index (κ2) is 10.6. The van der Waals surface area contributed by atoms with Gasteiger partial charge in [-0.1, -0.05) is 48.5 Å². The molecule has 0 amide bonds. The van der Waals surface area contributed by atoms with Crippen LogP contribution in [0, 0.1) is 50.7 Å². The Bertz CT molecular complexity index is 1120. The van der Waals surface area contributed by atoms with Crippen molar-refractivity contribution in [2.45, 2.75) is 126 Å². The molecule has 0 heterocycles. The van der Waals surface area contributed by atoms with Crippen LogP contribution in [0.3, 0.4) is 0 Å². The number of carbonyl (C=O) groups is 5. The molecule has 0 radical (unpaired) electrons. The molecule has 4 aliphatic carbocycles. The quantitative estimate of drug-likeness (QED) is 0.261. The summed E-state index contributed by atoms with van der Waals surface area (Å²) < 4.78 is 11.3. The summed E-state index contributed by atoms with van der Waals surface area (Å²) in [7, 11) is 0. The van der Waals surface area contributed by atoms with E-state index in [1.165, 1.54) is 13.8 Å². The summed E-state index contributed by atoms with van der Waals surface area (Å²) in [5, 5.41) is 0. The molecule has 4 saturated carbocycles. The SMILES string of the molecule is CC(=O)OCC1(CC(=O)C(=O)C(C)C)CCC2(C)C(CCC3C4(C)CCC(OC(C)=O)C(C)(C)C4CCC32C)C1=O. The van der Waals surface area contributed by atoms with Gasteiger partial charge in [0.2, 0.25) is 5.78 Å². The molecule has 0 aromatic heterocycles. The molecule has 4 rings (SSSR count). The van der Waals surface area contributed by atoms with Gasteiger partial charge in [0.1, 0.15) is 18.5 Å². The molecule has 8 atom stereocenters. The molecule has 0 aromatic carbocycles. The first kappa shape index (κ1) is 31.9. The monoisotopic (exact) mass is 572 g/mol. The van der Waals surface area contributed by atoms with E-state index in [0.29, 0.717) is 18.3 Å². The van der Waals surface area contributed by atoms with Crippen molar-refractivity contribution in [1.29, 1.82) is 0 Å². The van der Waals surface area contributed by atoms with E-state index in [1.807, 2.05) is 0 Å². The summed E-state index contributed by atoms with van der Waals surface area (Å²) in [4.78, 5) is 63.9. The Kier molecular flexibility index (Phi) is 8.23. The van der Waals surface area contributed by atoms with Gasteiger partial charge in [-0.25, -0.2) is 0 Å². The number of Topliss-reactive ketones (excluding diaryl/α,β-unsaturated/α-hetero) is 3. The molecule has 0 spiro atoms. The van der Waals surface area contributed by atoms with Gasteiger partial charge in [0.25, 0.3) is 0 Å². The third-order valence-corrected chi connectivity index (χ3v) is 12.9. The van der Waals surface area contributed by atoms with E-state index in [-0.39, 0.29) is 58.5 Å². The highest BCUT2D eigenvalue weighted by Crippen LogP contribution is 2.74. The van der Waals surface area contributed by atoms with E-state index < -0.39 is 28.9 Å². The van der Waals surface area contributed by atoms with Crippen molar-refractivity contribution in [1.82, 2.24) is 0 Å². The number of rotatable bonds is 7. The Balaban J connectivity index is 1.66. The largest absolute Gasteiger partial charge is 0.465 e. The predicted octanol–water partition coefficient (Wildman–Crippen LogP) is 6.29. The zero-order valence-electron chi connectivity index (χ0n) is 26.8. The minimum absolute atomic E-state index is 0.00301. The average molecular weight is 573 g/mol. The standard InChI is InChI=1S/C34H52O7/c1-20(2)28(38)24(37)18-34(19-40-21(3)35)17-16-32(8)23(29(34)39)10-11-26-31(7)14-13-27(41-22(4)36)30(5,6)25(31)12-15-33(26,32)9/h20,23,25-27H,10-19H2,1-9H3. The summed E-state index contributed by atoms with van der Waals surface area (Å²) in [5.41, 5.74) is -1.56. The first-order valence-corrected chi connectivity index (χ1v) is 15.8. The third kappa shape index (κ3) is 4.91. The lowest BCUT2D eigenvalue weighted by molar-refractivity contribution is -0.237. The van der Waals surface area contributed by atoms with Crippen LogP contribution in [-0.4, -0.2) is 42.0 Å².